The maximum absolute atomic E-state index is 12.8. The number of terminal acetylenes is 2. The quantitative estimate of drug-likeness (QED) is 0.196. The van der Waals surface area contributed by atoms with Gasteiger partial charge in [-0.3, -0.25) is 9.59 Å². The number of rotatable bonds is 8. The molecule has 4 aromatic carbocycles. The summed E-state index contributed by atoms with van der Waals surface area (Å²) in [4.78, 5) is 48.9. The highest BCUT2D eigenvalue weighted by atomic mass is 16.4. The molecule has 2 amide bonds. The van der Waals surface area contributed by atoms with Gasteiger partial charge in [-0.2, -0.15) is 0 Å². The second-order valence-electron chi connectivity index (χ2n) is 10.1. The molecule has 8 nitrogen and oxygen atoms in total. The molecule has 0 aliphatic heterocycles. The molecule has 43 heavy (non-hydrogen) atoms. The lowest BCUT2D eigenvalue weighted by molar-refractivity contribution is 0.0683. The Labute approximate surface area is 248 Å². The first kappa shape index (κ1) is 29.9. The number of benzene rings is 4. The topological polar surface area (TPSA) is 133 Å². The van der Waals surface area contributed by atoms with Gasteiger partial charge in [0.15, 0.2) is 0 Å². The minimum Gasteiger partial charge on any atom is -0.478 e. The third-order valence-electron chi connectivity index (χ3n) is 7.05. The van der Waals surface area contributed by atoms with Crippen molar-refractivity contribution in [3.05, 3.63) is 129 Å². The van der Waals surface area contributed by atoms with E-state index in [0.29, 0.717) is 22.5 Å². The molecule has 0 radical (unpaired) electrons. The zero-order valence-electron chi connectivity index (χ0n) is 23.3. The first-order valence-electron chi connectivity index (χ1n) is 13.0. The van der Waals surface area contributed by atoms with Crippen LogP contribution in [0.25, 0.3) is 0 Å². The SMILES string of the molecule is C#Cc1ccc(C(=O)Nc2ccc(C(C)(C)c3ccc(NC(=O)c4ccc(C#C)cc4C(=O)O)cc3)cc2)c(C(=O)O)c1. The first-order chi connectivity index (χ1) is 20.4. The Bertz CT molecular complexity index is 1700. The summed E-state index contributed by atoms with van der Waals surface area (Å²) in [6.07, 6.45) is 10.7. The molecule has 0 saturated carbocycles. The number of aromatic carboxylic acids is 2. The first-order valence-corrected chi connectivity index (χ1v) is 13.0. The summed E-state index contributed by atoms with van der Waals surface area (Å²) in [5, 5.41) is 24.4. The monoisotopic (exact) mass is 570 g/mol. The van der Waals surface area contributed by atoms with E-state index in [9.17, 15) is 29.4 Å². The van der Waals surface area contributed by atoms with E-state index in [1.807, 2.05) is 38.1 Å². The molecule has 0 fully saturated rings. The molecular formula is C35H26N2O6. The average molecular weight is 571 g/mol. The fourth-order valence-corrected chi connectivity index (χ4v) is 4.52. The van der Waals surface area contributed by atoms with Gasteiger partial charge in [0.25, 0.3) is 11.8 Å². The minimum absolute atomic E-state index is 0.00754. The summed E-state index contributed by atoms with van der Waals surface area (Å²) in [5.74, 6) is 1.06. The smallest absolute Gasteiger partial charge is 0.336 e. The summed E-state index contributed by atoms with van der Waals surface area (Å²) in [6, 6.07) is 22.7. The van der Waals surface area contributed by atoms with Crippen LogP contribution in [0.5, 0.6) is 0 Å². The fraction of sp³-hybridized carbons (Fsp3) is 0.0857. The third kappa shape index (κ3) is 6.45. The molecule has 4 N–H and O–H groups in total. The number of carbonyl (C=O) groups is 4. The van der Waals surface area contributed by atoms with Crippen molar-refractivity contribution in [3.8, 4) is 24.7 Å². The van der Waals surface area contributed by atoms with E-state index in [4.69, 9.17) is 12.8 Å². The molecule has 4 aromatic rings. The van der Waals surface area contributed by atoms with Crippen LogP contribution < -0.4 is 10.6 Å². The molecule has 212 valence electrons. The Morgan fingerprint density at radius 2 is 0.930 bits per heavy atom. The zero-order chi connectivity index (χ0) is 31.3. The number of nitrogens with one attached hydrogen (secondary N) is 2. The molecule has 0 heterocycles. The van der Waals surface area contributed by atoms with Gasteiger partial charge in [0, 0.05) is 27.9 Å². The lowest BCUT2D eigenvalue weighted by Crippen LogP contribution is -2.20. The van der Waals surface area contributed by atoms with Crippen LogP contribution in [0.1, 0.15) is 77.5 Å². The molecular weight excluding hydrogens is 544 g/mol. The lowest BCUT2D eigenvalue weighted by atomic mass is 9.78. The maximum atomic E-state index is 12.8. The minimum atomic E-state index is -1.26. The Balaban J connectivity index is 1.48. The highest BCUT2D eigenvalue weighted by Crippen LogP contribution is 2.33. The van der Waals surface area contributed by atoms with Gasteiger partial charge in [0.05, 0.1) is 22.3 Å². The second-order valence-corrected chi connectivity index (χ2v) is 10.1. The Hall–Kier alpha value is -6.12. The van der Waals surface area contributed by atoms with Crippen LogP contribution in [-0.2, 0) is 5.41 Å². The van der Waals surface area contributed by atoms with Crippen molar-refractivity contribution >= 4 is 35.1 Å². The number of carboxylic acid groups (broad SMARTS) is 2. The molecule has 0 atom stereocenters. The Kier molecular flexibility index (Phi) is 8.45. The van der Waals surface area contributed by atoms with Gasteiger partial charge in [-0.1, -0.05) is 50.0 Å². The molecule has 0 unspecified atom stereocenters. The second kappa shape index (κ2) is 12.2. The van der Waals surface area contributed by atoms with E-state index in [1.165, 1.54) is 36.4 Å². The van der Waals surface area contributed by atoms with Crippen molar-refractivity contribution in [2.24, 2.45) is 0 Å². The zero-order valence-corrected chi connectivity index (χ0v) is 23.3. The van der Waals surface area contributed by atoms with Crippen molar-refractivity contribution in [3.63, 3.8) is 0 Å². The van der Waals surface area contributed by atoms with E-state index < -0.39 is 29.2 Å². The summed E-state index contributed by atoms with van der Waals surface area (Å²) < 4.78 is 0. The summed E-state index contributed by atoms with van der Waals surface area (Å²) in [6.45, 7) is 4.04. The highest BCUT2D eigenvalue weighted by Gasteiger charge is 2.24. The summed E-state index contributed by atoms with van der Waals surface area (Å²) in [5.41, 5.74) is 2.71. The van der Waals surface area contributed by atoms with Gasteiger partial charge in [-0.05, 0) is 71.8 Å². The van der Waals surface area contributed by atoms with E-state index >= 15 is 0 Å². The normalized spacial score (nSPS) is 10.6. The number of hydrogen-bond acceptors (Lipinski definition) is 4. The summed E-state index contributed by atoms with van der Waals surface area (Å²) in [7, 11) is 0. The van der Waals surface area contributed by atoms with Crippen LogP contribution in [0.3, 0.4) is 0 Å². The fourth-order valence-electron chi connectivity index (χ4n) is 4.52. The number of anilines is 2. The van der Waals surface area contributed by atoms with E-state index in [2.05, 4.69) is 22.5 Å². The average Bonchev–Trinajstić information content (AvgIpc) is 3.00. The number of hydrogen-bond donors (Lipinski definition) is 4. The summed E-state index contributed by atoms with van der Waals surface area (Å²) >= 11 is 0. The van der Waals surface area contributed by atoms with Crippen LogP contribution in [0, 0.1) is 24.7 Å². The van der Waals surface area contributed by atoms with E-state index in [-0.39, 0.29) is 22.3 Å². The van der Waals surface area contributed by atoms with Crippen molar-refractivity contribution in [2.75, 3.05) is 10.6 Å². The van der Waals surface area contributed by atoms with Gasteiger partial charge >= 0.3 is 11.9 Å². The van der Waals surface area contributed by atoms with Crippen molar-refractivity contribution in [2.45, 2.75) is 19.3 Å². The molecule has 8 heteroatoms. The Morgan fingerprint density at radius 1 is 0.581 bits per heavy atom. The van der Waals surface area contributed by atoms with Gasteiger partial charge in [0.1, 0.15) is 0 Å². The molecule has 0 saturated heterocycles. The van der Waals surface area contributed by atoms with Crippen molar-refractivity contribution < 1.29 is 29.4 Å². The Morgan fingerprint density at radius 3 is 1.23 bits per heavy atom. The van der Waals surface area contributed by atoms with Gasteiger partial charge in [-0.25, -0.2) is 9.59 Å². The van der Waals surface area contributed by atoms with Crippen LogP contribution in [0.15, 0.2) is 84.9 Å². The van der Waals surface area contributed by atoms with Gasteiger partial charge < -0.3 is 20.8 Å². The van der Waals surface area contributed by atoms with E-state index in [1.54, 1.807) is 24.3 Å². The standard InChI is InChI=1S/C35H26N2O6/c1-5-21-7-17-27(29(19-21)33(40)41)31(38)36-25-13-9-23(10-14-25)35(3,4)24-11-15-26(16-12-24)37-32(39)28-18-8-22(6-2)20-30(28)34(42)43/h1-2,7-20H,3-4H3,(H,36,38)(H,37,39)(H,40,41)(H,42,43). The largest absolute Gasteiger partial charge is 0.478 e. The van der Waals surface area contributed by atoms with Crippen LogP contribution >= 0.6 is 0 Å². The molecule has 0 aromatic heterocycles. The molecule has 4 rings (SSSR count). The molecule has 0 bridgehead atoms. The number of carboxylic acids is 2. The predicted octanol–water partition coefficient (Wildman–Crippen LogP) is 5.88. The number of carbonyl (C=O) groups excluding carboxylic acids is 2. The van der Waals surface area contributed by atoms with Crippen LogP contribution in [-0.4, -0.2) is 34.0 Å². The molecule has 0 aliphatic rings. The van der Waals surface area contributed by atoms with Crippen LogP contribution in [0.2, 0.25) is 0 Å². The highest BCUT2D eigenvalue weighted by molar-refractivity contribution is 6.11. The lowest BCUT2D eigenvalue weighted by Gasteiger charge is -2.26. The van der Waals surface area contributed by atoms with Crippen molar-refractivity contribution in [1.82, 2.24) is 0 Å². The third-order valence-corrected chi connectivity index (χ3v) is 7.05. The molecule has 0 spiro atoms. The predicted molar refractivity (Wildman–Crippen MR) is 164 cm³/mol. The molecule has 0 aliphatic carbocycles. The maximum Gasteiger partial charge on any atom is 0.336 e. The van der Waals surface area contributed by atoms with Crippen LogP contribution in [0.4, 0.5) is 11.4 Å². The van der Waals surface area contributed by atoms with Gasteiger partial charge in [-0.15, -0.1) is 12.8 Å². The van der Waals surface area contributed by atoms with E-state index in [0.717, 1.165) is 11.1 Å². The number of amides is 2. The van der Waals surface area contributed by atoms with Crippen molar-refractivity contribution in [1.29, 1.82) is 0 Å². The van der Waals surface area contributed by atoms with Gasteiger partial charge in [0.2, 0.25) is 0 Å².